The summed E-state index contributed by atoms with van der Waals surface area (Å²) in [5.74, 6) is -0.518. The molecule has 1 aliphatic carbocycles. The van der Waals surface area contributed by atoms with Gasteiger partial charge < -0.3 is 5.11 Å². The number of benzene rings is 1. The molecule has 21 heavy (non-hydrogen) atoms. The lowest BCUT2D eigenvalue weighted by molar-refractivity contribution is -0.138. The average Bonchev–Trinajstić information content (AvgIpc) is 3.06. The van der Waals surface area contributed by atoms with E-state index in [1.807, 2.05) is 24.3 Å². The summed E-state index contributed by atoms with van der Waals surface area (Å²) < 4.78 is 24.5. The van der Waals surface area contributed by atoms with Gasteiger partial charge in [0.2, 0.25) is 0 Å². The minimum atomic E-state index is -3.27. The Balaban J connectivity index is 2.02. The molecular formula is C16H22O4S. The van der Waals surface area contributed by atoms with Crippen molar-refractivity contribution in [3.05, 3.63) is 35.4 Å². The van der Waals surface area contributed by atoms with Gasteiger partial charge in [0.25, 0.3) is 0 Å². The van der Waals surface area contributed by atoms with E-state index in [0.29, 0.717) is 18.8 Å². The topological polar surface area (TPSA) is 71.4 Å². The highest BCUT2D eigenvalue weighted by molar-refractivity contribution is 7.90. The molecule has 1 saturated carbocycles. The van der Waals surface area contributed by atoms with Crippen molar-refractivity contribution >= 4 is 15.8 Å². The monoisotopic (exact) mass is 310 g/mol. The molecule has 0 bridgehead atoms. The summed E-state index contributed by atoms with van der Waals surface area (Å²) in [5, 5.41) is 8.86. The lowest BCUT2D eigenvalue weighted by Gasteiger charge is -2.13. The largest absolute Gasteiger partial charge is 0.481 e. The molecule has 0 amide bonds. The molecule has 0 aromatic heterocycles. The van der Waals surface area contributed by atoms with Gasteiger partial charge in [-0.1, -0.05) is 38.1 Å². The second-order valence-electron chi connectivity index (χ2n) is 6.50. The van der Waals surface area contributed by atoms with Crippen molar-refractivity contribution in [3.63, 3.8) is 0 Å². The van der Waals surface area contributed by atoms with Crippen LogP contribution in [0.4, 0.5) is 0 Å². The fourth-order valence-electron chi connectivity index (χ4n) is 2.64. The predicted molar refractivity (Wildman–Crippen MR) is 81.9 cm³/mol. The zero-order valence-corrected chi connectivity index (χ0v) is 13.3. The lowest BCUT2D eigenvalue weighted by atomic mass is 10.0. The van der Waals surface area contributed by atoms with E-state index in [2.05, 4.69) is 13.8 Å². The molecule has 0 heterocycles. The molecule has 0 radical (unpaired) electrons. The zero-order chi connectivity index (χ0) is 15.7. The molecule has 5 heteroatoms. The van der Waals surface area contributed by atoms with Crippen molar-refractivity contribution in [2.75, 3.05) is 5.75 Å². The first-order chi connectivity index (χ1) is 9.71. The van der Waals surface area contributed by atoms with Gasteiger partial charge in [-0.3, -0.25) is 4.79 Å². The van der Waals surface area contributed by atoms with Crippen LogP contribution in [0.1, 0.15) is 50.2 Å². The average molecular weight is 310 g/mol. The van der Waals surface area contributed by atoms with Crippen molar-refractivity contribution in [1.82, 2.24) is 0 Å². The van der Waals surface area contributed by atoms with Gasteiger partial charge in [0.05, 0.1) is 17.9 Å². The molecule has 1 N–H and O–H groups in total. The summed E-state index contributed by atoms with van der Waals surface area (Å²) in [6.45, 7) is 4.18. The van der Waals surface area contributed by atoms with Crippen molar-refractivity contribution in [2.24, 2.45) is 5.41 Å². The van der Waals surface area contributed by atoms with Crippen LogP contribution in [-0.2, 0) is 20.4 Å². The van der Waals surface area contributed by atoms with Gasteiger partial charge in [0, 0.05) is 0 Å². The second kappa shape index (κ2) is 5.79. The minimum Gasteiger partial charge on any atom is -0.481 e. The van der Waals surface area contributed by atoms with E-state index < -0.39 is 21.2 Å². The van der Waals surface area contributed by atoms with Crippen LogP contribution in [0, 0.1) is 5.41 Å². The Morgan fingerprint density at radius 1 is 1.24 bits per heavy atom. The van der Waals surface area contributed by atoms with Crippen molar-refractivity contribution < 1.29 is 18.3 Å². The molecule has 1 fully saturated rings. The number of carbonyl (C=O) groups is 1. The lowest BCUT2D eigenvalue weighted by Crippen LogP contribution is -2.21. The van der Waals surface area contributed by atoms with Gasteiger partial charge in [-0.15, -0.1) is 0 Å². The third-order valence-corrected chi connectivity index (χ3v) is 5.87. The Labute approximate surface area is 126 Å². The molecule has 0 atom stereocenters. The first-order valence-corrected chi connectivity index (χ1v) is 9.05. The summed E-state index contributed by atoms with van der Waals surface area (Å²) in [6, 6.07) is 7.62. The fourth-order valence-corrected chi connectivity index (χ4v) is 4.77. The summed E-state index contributed by atoms with van der Waals surface area (Å²) >= 11 is 0. The van der Waals surface area contributed by atoms with Crippen LogP contribution in [0.15, 0.2) is 24.3 Å². The molecule has 116 valence electrons. The van der Waals surface area contributed by atoms with Crippen LogP contribution in [0.5, 0.6) is 0 Å². The van der Waals surface area contributed by atoms with E-state index >= 15 is 0 Å². The molecule has 4 nitrogen and oxygen atoms in total. The number of aliphatic carboxylic acids is 1. The molecule has 0 saturated heterocycles. The SMILES string of the molecule is CC(C)c1ccc(CS(=O)(=O)CC2(CC(=O)O)CC2)cc1. The van der Waals surface area contributed by atoms with E-state index in [0.717, 1.165) is 5.56 Å². The summed E-state index contributed by atoms with van der Waals surface area (Å²) in [5.41, 5.74) is 1.44. The third kappa shape index (κ3) is 4.56. The quantitative estimate of drug-likeness (QED) is 0.840. The Kier molecular flexibility index (Phi) is 4.42. The maximum atomic E-state index is 12.3. The summed E-state index contributed by atoms with van der Waals surface area (Å²) in [4.78, 5) is 10.8. The zero-order valence-electron chi connectivity index (χ0n) is 12.5. The van der Waals surface area contributed by atoms with Crippen LogP contribution < -0.4 is 0 Å². The van der Waals surface area contributed by atoms with Gasteiger partial charge >= 0.3 is 5.97 Å². The Morgan fingerprint density at radius 3 is 2.24 bits per heavy atom. The van der Waals surface area contributed by atoms with Crippen LogP contribution >= 0.6 is 0 Å². The van der Waals surface area contributed by atoms with Crippen molar-refractivity contribution in [1.29, 1.82) is 0 Å². The Bertz CT molecular complexity index is 610. The van der Waals surface area contributed by atoms with E-state index in [4.69, 9.17) is 5.11 Å². The number of carboxylic acid groups (broad SMARTS) is 1. The highest BCUT2D eigenvalue weighted by Gasteiger charge is 2.47. The standard InChI is InChI=1S/C16H22O4S/c1-12(2)14-5-3-13(4-6-14)10-21(19,20)11-16(7-8-16)9-15(17)18/h3-6,12H,7-11H2,1-2H3,(H,17,18). The number of hydrogen-bond donors (Lipinski definition) is 1. The van der Waals surface area contributed by atoms with Crippen molar-refractivity contribution in [3.8, 4) is 0 Å². The highest BCUT2D eigenvalue weighted by atomic mass is 32.2. The molecule has 0 spiro atoms. The maximum absolute atomic E-state index is 12.3. The van der Waals surface area contributed by atoms with Gasteiger partial charge in [0.1, 0.15) is 0 Å². The van der Waals surface area contributed by atoms with Gasteiger partial charge in [0.15, 0.2) is 9.84 Å². The molecule has 0 unspecified atom stereocenters. The van der Waals surface area contributed by atoms with E-state index in [1.54, 1.807) is 0 Å². The Hall–Kier alpha value is -1.36. The normalized spacial score (nSPS) is 16.9. The summed E-state index contributed by atoms with van der Waals surface area (Å²) in [7, 11) is -3.27. The number of carboxylic acids is 1. The minimum absolute atomic E-state index is 0.00720. The third-order valence-electron chi connectivity index (χ3n) is 4.04. The first-order valence-electron chi connectivity index (χ1n) is 7.22. The maximum Gasteiger partial charge on any atom is 0.303 e. The van der Waals surface area contributed by atoms with Crippen molar-refractivity contribution in [2.45, 2.75) is 44.8 Å². The predicted octanol–water partition coefficient (Wildman–Crippen LogP) is 2.98. The van der Waals surface area contributed by atoms with Crippen LogP contribution in [0.2, 0.25) is 0 Å². The van der Waals surface area contributed by atoms with Crippen LogP contribution in [0.3, 0.4) is 0 Å². The molecular weight excluding hydrogens is 288 g/mol. The number of hydrogen-bond acceptors (Lipinski definition) is 3. The number of rotatable bonds is 7. The molecule has 1 aromatic rings. The molecule has 1 aromatic carbocycles. The van der Waals surface area contributed by atoms with E-state index in [-0.39, 0.29) is 17.9 Å². The van der Waals surface area contributed by atoms with Gasteiger partial charge in [-0.25, -0.2) is 8.42 Å². The van der Waals surface area contributed by atoms with Gasteiger partial charge in [-0.2, -0.15) is 0 Å². The highest BCUT2D eigenvalue weighted by Crippen LogP contribution is 2.50. The molecule has 2 rings (SSSR count). The smallest absolute Gasteiger partial charge is 0.303 e. The fraction of sp³-hybridized carbons (Fsp3) is 0.562. The first kappa shape index (κ1) is 16.0. The molecule has 1 aliphatic rings. The van der Waals surface area contributed by atoms with E-state index in [1.165, 1.54) is 5.56 Å². The summed E-state index contributed by atoms with van der Waals surface area (Å²) in [6.07, 6.45) is 1.36. The second-order valence-corrected chi connectivity index (χ2v) is 8.56. The molecule has 0 aliphatic heterocycles. The number of sulfone groups is 1. The van der Waals surface area contributed by atoms with E-state index in [9.17, 15) is 13.2 Å². The van der Waals surface area contributed by atoms with Gasteiger partial charge in [-0.05, 0) is 35.3 Å². The Morgan fingerprint density at radius 2 is 1.81 bits per heavy atom. The van der Waals surface area contributed by atoms with Crippen LogP contribution in [0.25, 0.3) is 0 Å². The van der Waals surface area contributed by atoms with Crippen LogP contribution in [-0.4, -0.2) is 25.2 Å².